The number of amides is 1. The third-order valence-electron chi connectivity index (χ3n) is 4.55. The number of hydrogen-bond donors (Lipinski definition) is 3. The van der Waals surface area contributed by atoms with Crippen molar-refractivity contribution in [1.29, 1.82) is 0 Å². The van der Waals surface area contributed by atoms with Crippen molar-refractivity contribution in [3.63, 3.8) is 0 Å². The van der Waals surface area contributed by atoms with Gasteiger partial charge < -0.3 is 16.2 Å². The van der Waals surface area contributed by atoms with Crippen molar-refractivity contribution in [3.8, 4) is 5.75 Å². The second-order valence-electron chi connectivity index (χ2n) is 7.02. The molecule has 0 aliphatic heterocycles. The summed E-state index contributed by atoms with van der Waals surface area (Å²) in [6, 6.07) is 18.1. The zero-order valence-electron chi connectivity index (χ0n) is 16.7. The van der Waals surface area contributed by atoms with E-state index in [1.807, 2.05) is 30.3 Å². The summed E-state index contributed by atoms with van der Waals surface area (Å²) in [5, 5.41) is 12.9. The summed E-state index contributed by atoms with van der Waals surface area (Å²) >= 11 is 6.20. The largest absolute Gasteiger partial charge is 0.508 e. The molecule has 0 radical (unpaired) electrons. The molecule has 0 saturated carbocycles. The third kappa shape index (κ3) is 5.90. The van der Waals surface area contributed by atoms with Gasteiger partial charge in [-0.15, -0.1) is 0 Å². The van der Waals surface area contributed by atoms with Crippen molar-refractivity contribution in [2.45, 2.75) is 13.1 Å². The lowest BCUT2D eigenvalue weighted by molar-refractivity contribution is 0.0950. The van der Waals surface area contributed by atoms with Crippen LogP contribution in [0.1, 0.15) is 21.5 Å². The quantitative estimate of drug-likeness (QED) is 0.468. The van der Waals surface area contributed by atoms with Crippen LogP contribution in [0, 0.1) is 0 Å². The first-order valence-electron chi connectivity index (χ1n) is 9.31. The smallest absolute Gasteiger partial charge is 0.251 e. The molecule has 0 unspecified atom stereocenters. The fraction of sp³-hybridized carbons (Fsp3) is 0.136. The van der Waals surface area contributed by atoms with Gasteiger partial charge in [0.2, 0.25) is 10.0 Å². The molecule has 31 heavy (non-hydrogen) atoms. The van der Waals surface area contributed by atoms with Crippen LogP contribution in [0.25, 0.3) is 0 Å². The summed E-state index contributed by atoms with van der Waals surface area (Å²) in [7, 11) is -3.64. The Hall–Kier alpha value is -3.23. The van der Waals surface area contributed by atoms with Gasteiger partial charge in [0.25, 0.3) is 5.91 Å². The molecular weight excluding hydrogens is 438 g/mol. The highest BCUT2D eigenvalue weighted by molar-refractivity contribution is 7.92. The van der Waals surface area contributed by atoms with E-state index >= 15 is 0 Å². The Labute approximate surface area is 186 Å². The summed E-state index contributed by atoms with van der Waals surface area (Å²) in [6.45, 7) is 0.160. The minimum atomic E-state index is -3.64. The van der Waals surface area contributed by atoms with Crippen LogP contribution in [0.4, 0.5) is 11.4 Å². The molecule has 3 aromatic carbocycles. The van der Waals surface area contributed by atoms with Crippen LogP contribution in [0.3, 0.4) is 0 Å². The van der Waals surface area contributed by atoms with Gasteiger partial charge in [0.05, 0.1) is 18.5 Å². The first kappa shape index (κ1) is 22.5. The lowest BCUT2D eigenvalue weighted by atomic mass is 10.1. The van der Waals surface area contributed by atoms with Gasteiger partial charge in [-0.05, 0) is 29.8 Å². The highest BCUT2D eigenvalue weighted by atomic mass is 35.5. The maximum Gasteiger partial charge on any atom is 0.251 e. The molecule has 0 spiro atoms. The summed E-state index contributed by atoms with van der Waals surface area (Å²) in [6.07, 6.45) is 1.10. The van der Waals surface area contributed by atoms with Crippen LogP contribution < -0.4 is 15.4 Å². The number of benzene rings is 3. The number of carbonyl (C=O) groups is 1. The molecule has 3 aromatic rings. The van der Waals surface area contributed by atoms with Crippen molar-refractivity contribution in [3.05, 3.63) is 88.4 Å². The maximum atomic E-state index is 12.7. The number of nitrogens with zero attached hydrogens (tertiary/aromatic N) is 1. The molecule has 3 rings (SSSR count). The third-order valence-corrected chi connectivity index (χ3v) is 5.91. The number of nitrogens with two attached hydrogens (primary N) is 1. The molecule has 1 amide bonds. The fourth-order valence-electron chi connectivity index (χ4n) is 3.01. The number of nitrogen functional groups attached to an aromatic ring is 1. The van der Waals surface area contributed by atoms with Gasteiger partial charge in [0.1, 0.15) is 5.75 Å². The van der Waals surface area contributed by atoms with E-state index in [-0.39, 0.29) is 35.1 Å². The maximum absolute atomic E-state index is 12.7. The minimum Gasteiger partial charge on any atom is -0.508 e. The average molecular weight is 460 g/mol. The second kappa shape index (κ2) is 9.28. The van der Waals surface area contributed by atoms with Gasteiger partial charge >= 0.3 is 0 Å². The van der Waals surface area contributed by atoms with Crippen molar-refractivity contribution in [2.24, 2.45) is 0 Å². The van der Waals surface area contributed by atoms with Gasteiger partial charge in [0.15, 0.2) is 0 Å². The molecule has 0 aromatic heterocycles. The number of nitrogens with one attached hydrogen (secondary N) is 1. The molecule has 0 saturated heterocycles. The van der Waals surface area contributed by atoms with Crippen LogP contribution in [0.15, 0.2) is 66.7 Å². The molecule has 0 atom stereocenters. The predicted molar refractivity (Wildman–Crippen MR) is 123 cm³/mol. The highest BCUT2D eigenvalue weighted by Gasteiger charge is 2.20. The van der Waals surface area contributed by atoms with Gasteiger partial charge in [-0.2, -0.15) is 0 Å². The number of phenols is 1. The Morgan fingerprint density at radius 1 is 1.10 bits per heavy atom. The number of rotatable bonds is 7. The number of anilines is 2. The van der Waals surface area contributed by atoms with E-state index in [0.29, 0.717) is 11.3 Å². The average Bonchev–Trinajstić information content (AvgIpc) is 2.70. The van der Waals surface area contributed by atoms with Crippen LogP contribution in [-0.2, 0) is 23.1 Å². The van der Waals surface area contributed by atoms with Crippen molar-refractivity contribution in [1.82, 2.24) is 5.32 Å². The Morgan fingerprint density at radius 2 is 1.81 bits per heavy atom. The highest BCUT2D eigenvalue weighted by Crippen LogP contribution is 2.27. The lowest BCUT2D eigenvalue weighted by Crippen LogP contribution is -2.30. The minimum absolute atomic E-state index is 0.0294. The predicted octanol–water partition coefficient (Wildman–Crippen LogP) is 3.52. The van der Waals surface area contributed by atoms with E-state index < -0.39 is 15.9 Å². The molecule has 0 aliphatic rings. The first-order valence-corrected chi connectivity index (χ1v) is 11.5. The number of carbonyl (C=O) groups excluding carboxylic acids is 1. The molecule has 0 bridgehead atoms. The van der Waals surface area contributed by atoms with Crippen molar-refractivity contribution in [2.75, 3.05) is 16.3 Å². The summed E-state index contributed by atoms with van der Waals surface area (Å²) in [4.78, 5) is 12.7. The number of phenolic OH excluding ortho intramolecular Hbond substituents is 1. The number of aromatic hydroxyl groups is 1. The normalized spacial score (nSPS) is 11.2. The standard InChI is InChI=1S/C22H22ClN3O4S/c1-31(29,30)26(14-15-5-3-2-4-6-15)20-10-17(9-18(23)11-20)22(28)25-13-16-7-8-19(24)12-21(16)27/h2-12,27H,13-14,24H2,1H3,(H,25,28). The van der Waals surface area contributed by atoms with Gasteiger partial charge in [0, 0.05) is 34.4 Å². The number of hydrogen-bond acceptors (Lipinski definition) is 5. The molecule has 162 valence electrons. The van der Waals surface area contributed by atoms with E-state index in [4.69, 9.17) is 17.3 Å². The molecular formula is C22H22ClN3O4S. The van der Waals surface area contributed by atoms with E-state index in [1.54, 1.807) is 12.1 Å². The van der Waals surface area contributed by atoms with Crippen molar-refractivity contribution >= 4 is 38.9 Å². The summed E-state index contributed by atoms with van der Waals surface area (Å²) in [5.74, 6) is -0.494. The zero-order chi connectivity index (χ0) is 22.6. The molecule has 0 heterocycles. The molecule has 4 N–H and O–H groups in total. The molecule has 9 heteroatoms. The van der Waals surface area contributed by atoms with Crippen molar-refractivity contribution < 1.29 is 18.3 Å². The lowest BCUT2D eigenvalue weighted by Gasteiger charge is -2.23. The molecule has 0 fully saturated rings. The van der Waals surface area contributed by atoms with E-state index in [0.717, 1.165) is 11.8 Å². The van der Waals surface area contributed by atoms with E-state index in [1.165, 1.54) is 28.6 Å². The van der Waals surface area contributed by atoms with Gasteiger partial charge in [-0.3, -0.25) is 9.10 Å². The first-order chi connectivity index (χ1) is 14.6. The summed E-state index contributed by atoms with van der Waals surface area (Å²) in [5.41, 5.74) is 7.77. The molecule has 0 aliphatic carbocycles. The van der Waals surface area contributed by atoms with Gasteiger partial charge in [-0.1, -0.05) is 48.0 Å². The molecule has 7 nitrogen and oxygen atoms in total. The Balaban J connectivity index is 1.85. The van der Waals surface area contributed by atoms with Crippen LogP contribution in [0.2, 0.25) is 5.02 Å². The SMILES string of the molecule is CS(=O)(=O)N(Cc1ccccc1)c1cc(Cl)cc(C(=O)NCc2ccc(N)cc2O)c1. The summed E-state index contributed by atoms with van der Waals surface area (Å²) < 4.78 is 26.1. The zero-order valence-corrected chi connectivity index (χ0v) is 18.3. The Morgan fingerprint density at radius 3 is 2.45 bits per heavy atom. The van der Waals surface area contributed by atoms with E-state index in [2.05, 4.69) is 5.32 Å². The number of halogens is 1. The topological polar surface area (TPSA) is 113 Å². The van der Waals surface area contributed by atoms with Crippen LogP contribution in [-0.4, -0.2) is 25.7 Å². The Kier molecular flexibility index (Phi) is 6.72. The monoisotopic (exact) mass is 459 g/mol. The van der Waals surface area contributed by atoms with Crippen LogP contribution in [0.5, 0.6) is 5.75 Å². The van der Waals surface area contributed by atoms with Gasteiger partial charge in [-0.25, -0.2) is 8.42 Å². The second-order valence-corrected chi connectivity index (χ2v) is 9.37. The number of sulfonamides is 1. The van der Waals surface area contributed by atoms with Crippen LogP contribution >= 0.6 is 11.6 Å². The fourth-order valence-corrected chi connectivity index (χ4v) is 4.11. The Bertz CT molecular complexity index is 1200. The van der Waals surface area contributed by atoms with E-state index in [9.17, 15) is 18.3 Å².